The first-order valence-corrected chi connectivity index (χ1v) is 6.57. The molecule has 1 atom stereocenters. The lowest BCUT2D eigenvalue weighted by molar-refractivity contribution is -0.144. The minimum absolute atomic E-state index is 0.363. The van der Waals surface area contributed by atoms with Crippen LogP contribution < -0.4 is 4.74 Å². The fourth-order valence-corrected chi connectivity index (χ4v) is 1.80. The maximum atomic E-state index is 11.2. The summed E-state index contributed by atoms with van der Waals surface area (Å²) in [5.74, 6) is 6.39. The highest BCUT2D eigenvalue weighted by Gasteiger charge is 2.11. The highest BCUT2D eigenvalue weighted by Crippen LogP contribution is 2.20. The van der Waals surface area contributed by atoms with E-state index in [1.54, 1.807) is 7.11 Å². The van der Waals surface area contributed by atoms with Crippen molar-refractivity contribution in [2.75, 3.05) is 7.11 Å². The van der Waals surface area contributed by atoms with Crippen molar-refractivity contribution in [2.45, 2.75) is 13.0 Å². The Hall–Kier alpha value is -2.73. The van der Waals surface area contributed by atoms with Gasteiger partial charge in [0.25, 0.3) is 0 Å². The Morgan fingerprint density at radius 1 is 1.05 bits per heavy atom. The zero-order valence-electron chi connectivity index (χ0n) is 12.0. The van der Waals surface area contributed by atoms with Crippen LogP contribution in [0.4, 0.5) is 0 Å². The van der Waals surface area contributed by atoms with Crippen LogP contribution >= 0.6 is 0 Å². The van der Waals surface area contributed by atoms with Crippen LogP contribution in [0.1, 0.15) is 24.2 Å². The fourth-order valence-electron chi connectivity index (χ4n) is 1.80. The molecular formula is C18H16O3. The van der Waals surface area contributed by atoms with Crippen molar-refractivity contribution in [3.05, 3.63) is 65.7 Å². The lowest BCUT2D eigenvalue weighted by Crippen LogP contribution is -2.06. The lowest BCUT2D eigenvalue weighted by atomic mass is 10.1. The van der Waals surface area contributed by atoms with Crippen LogP contribution in [0.25, 0.3) is 0 Å². The van der Waals surface area contributed by atoms with Gasteiger partial charge in [-0.2, -0.15) is 0 Å². The van der Waals surface area contributed by atoms with E-state index in [1.807, 2.05) is 54.6 Å². The number of carbonyl (C=O) groups is 1. The summed E-state index contributed by atoms with van der Waals surface area (Å²) in [7, 11) is 1.60. The molecule has 0 bridgehead atoms. The second-order valence-electron chi connectivity index (χ2n) is 4.40. The third kappa shape index (κ3) is 4.39. The van der Waals surface area contributed by atoms with E-state index in [2.05, 4.69) is 11.8 Å². The number of hydrogen-bond acceptors (Lipinski definition) is 3. The van der Waals surface area contributed by atoms with E-state index in [0.717, 1.165) is 16.9 Å². The number of carbonyl (C=O) groups excluding carboxylic acids is 1. The molecular weight excluding hydrogens is 264 g/mol. The molecule has 0 heterocycles. The molecule has 21 heavy (non-hydrogen) atoms. The largest absolute Gasteiger partial charge is 0.497 e. The molecule has 0 aliphatic heterocycles. The molecule has 0 aliphatic carbocycles. The van der Waals surface area contributed by atoms with Crippen molar-refractivity contribution in [1.29, 1.82) is 0 Å². The number of benzene rings is 2. The Bertz CT molecular complexity index is 648. The van der Waals surface area contributed by atoms with Gasteiger partial charge in [0.2, 0.25) is 0 Å². The van der Waals surface area contributed by atoms with Gasteiger partial charge in [-0.1, -0.05) is 36.3 Å². The topological polar surface area (TPSA) is 35.5 Å². The monoisotopic (exact) mass is 280 g/mol. The molecule has 0 aromatic heterocycles. The second kappa shape index (κ2) is 7.16. The smallest absolute Gasteiger partial charge is 0.304 e. The highest BCUT2D eigenvalue weighted by atomic mass is 16.5. The van der Waals surface area contributed by atoms with Crippen molar-refractivity contribution in [3.63, 3.8) is 0 Å². The first kappa shape index (κ1) is 14.7. The average molecular weight is 280 g/mol. The molecule has 106 valence electrons. The van der Waals surface area contributed by atoms with Gasteiger partial charge in [0.05, 0.1) is 7.11 Å². The molecule has 0 saturated heterocycles. The number of hydrogen-bond donors (Lipinski definition) is 0. The summed E-state index contributed by atoms with van der Waals surface area (Å²) < 4.78 is 10.4. The van der Waals surface area contributed by atoms with Crippen LogP contribution in [0.15, 0.2) is 54.6 Å². The van der Waals surface area contributed by atoms with Crippen molar-refractivity contribution >= 4 is 5.97 Å². The van der Waals surface area contributed by atoms with Crippen LogP contribution in [0, 0.1) is 11.8 Å². The van der Waals surface area contributed by atoms with Gasteiger partial charge in [-0.05, 0) is 30.2 Å². The third-order valence-corrected chi connectivity index (χ3v) is 2.82. The maximum absolute atomic E-state index is 11.2. The van der Waals surface area contributed by atoms with Gasteiger partial charge in [0.1, 0.15) is 5.75 Å². The van der Waals surface area contributed by atoms with E-state index >= 15 is 0 Å². The van der Waals surface area contributed by atoms with Crippen molar-refractivity contribution < 1.29 is 14.3 Å². The van der Waals surface area contributed by atoms with Crippen LogP contribution in [0.2, 0.25) is 0 Å². The van der Waals surface area contributed by atoms with E-state index in [4.69, 9.17) is 9.47 Å². The minimum atomic E-state index is -0.589. The summed E-state index contributed by atoms with van der Waals surface area (Å²) in [4.78, 5) is 11.2. The van der Waals surface area contributed by atoms with Gasteiger partial charge in [0, 0.05) is 18.1 Å². The Morgan fingerprint density at radius 2 is 1.71 bits per heavy atom. The van der Waals surface area contributed by atoms with Gasteiger partial charge in [0.15, 0.2) is 6.10 Å². The van der Waals surface area contributed by atoms with Crippen molar-refractivity contribution in [2.24, 2.45) is 0 Å². The fraction of sp³-hybridized carbons (Fsp3) is 0.167. The number of ether oxygens (including phenoxy) is 2. The average Bonchev–Trinajstić information content (AvgIpc) is 2.52. The van der Waals surface area contributed by atoms with Gasteiger partial charge < -0.3 is 9.47 Å². The zero-order valence-corrected chi connectivity index (χ0v) is 12.0. The lowest BCUT2D eigenvalue weighted by Gasteiger charge is -2.11. The first-order valence-electron chi connectivity index (χ1n) is 6.57. The highest BCUT2D eigenvalue weighted by molar-refractivity contribution is 5.66. The Balaban J connectivity index is 2.25. The molecule has 0 radical (unpaired) electrons. The Labute approximate surface area is 124 Å². The number of rotatable bonds is 3. The second-order valence-corrected chi connectivity index (χ2v) is 4.40. The number of esters is 1. The molecule has 2 aromatic carbocycles. The molecule has 2 rings (SSSR count). The zero-order chi connectivity index (χ0) is 15.1. The van der Waals surface area contributed by atoms with E-state index in [-0.39, 0.29) is 5.97 Å². The molecule has 3 heteroatoms. The summed E-state index contributed by atoms with van der Waals surface area (Å²) in [6, 6.07) is 16.9. The Morgan fingerprint density at radius 3 is 2.29 bits per heavy atom. The predicted octanol–water partition coefficient (Wildman–Crippen LogP) is 3.35. The first-order chi connectivity index (χ1) is 10.2. The van der Waals surface area contributed by atoms with Crippen molar-refractivity contribution in [1.82, 2.24) is 0 Å². The van der Waals surface area contributed by atoms with Gasteiger partial charge in [-0.15, -0.1) is 0 Å². The summed E-state index contributed by atoms with van der Waals surface area (Å²) in [5.41, 5.74) is 1.69. The molecule has 3 nitrogen and oxygen atoms in total. The van der Waals surface area contributed by atoms with Crippen LogP contribution in [-0.4, -0.2) is 13.1 Å². The van der Waals surface area contributed by atoms with Crippen LogP contribution in [0.3, 0.4) is 0 Å². The van der Waals surface area contributed by atoms with Crippen LogP contribution in [0.5, 0.6) is 5.75 Å². The quantitative estimate of drug-likeness (QED) is 0.639. The maximum Gasteiger partial charge on any atom is 0.304 e. The minimum Gasteiger partial charge on any atom is -0.497 e. The van der Waals surface area contributed by atoms with Crippen molar-refractivity contribution in [3.8, 4) is 17.6 Å². The molecule has 0 fully saturated rings. The molecule has 1 unspecified atom stereocenters. The van der Waals surface area contributed by atoms with Crippen LogP contribution in [-0.2, 0) is 9.53 Å². The molecule has 0 saturated carbocycles. The normalized spacial score (nSPS) is 11.0. The Kier molecular flexibility index (Phi) is 5.00. The molecule has 0 amide bonds. The summed E-state index contributed by atoms with van der Waals surface area (Å²) in [5, 5.41) is 0. The van der Waals surface area contributed by atoms with E-state index < -0.39 is 6.10 Å². The van der Waals surface area contributed by atoms with E-state index in [9.17, 15) is 4.79 Å². The summed E-state index contributed by atoms with van der Waals surface area (Å²) >= 11 is 0. The summed E-state index contributed by atoms with van der Waals surface area (Å²) in [6.45, 7) is 1.38. The molecule has 2 aromatic rings. The van der Waals surface area contributed by atoms with E-state index in [0.29, 0.717) is 0 Å². The number of methoxy groups -OCH3 is 1. The van der Waals surface area contributed by atoms with E-state index in [1.165, 1.54) is 6.92 Å². The van der Waals surface area contributed by atoms with Gasteiger partial charge in [-0.25, -0.2) is 0 Å². The molecule has 0 N–H and O–H groups in total. The molecule has 0 spiro atoms. The predicted molar refractivity (Wildman–Crippen MR) is 80.8 cm³/mol. The van der Waals surface area contributed by atoms with Gasteiger partial charge in [-0.3, -0.25) is 4.79 Å². The molecule has 0 aliphatic rings. The SMILES string of the molecule is COc1ccc(C(C#Cc2ccccc2)OC(C)=O)cc1. The van der Waals surface area contributed by atoms with Gasteiger partial charge >= 0.3 is 5.97 Å². The summed E-state index contributed by atoms with van der Waals surface area (Å²) in [6.07, 6.45) is -0.589. The third-order valence-electron chi connectivity index (χ3n) is 2.82. The standard InChI is InChI=1S/C18H16O3/c1-14(19)21-18(13-8-15-6-4-3-5-7-15)16-9-11-17(20-2)12-10-16/h3-7,9-12,18H,1-2H3.